The van der Waals surface area contributed by atoms with Crippen LogP contribution in [0.25, 0.3) is 27.7 Å². The Morgan fingerprint density at radius 3 is 2.87 bits per heavy atom. The Kier molecular flexibility index (Phi) is 3.80. The van der Waals surface area contributed by atoms with Gasteiger partial charge in [0.15, 0.2) is 5.65 Å². The zero-order valence-electron chi connectivity index (χ0n) is 17.6. The number of rotatable bonds is 2. The Morgan fingerprint density at radius 1 is 1.23 bits per heavy atom. The van der Waals surface area contributed by atoms with Crippen molar-refractivity contribution in [1.82, 2.24) is 29.7 Å². The Hall–Kier alpha value is -3.26. The van der Waals surface area contributed by atoms with Crippen molar-refractivity contribution in [2.75, 3.05) is 6.54 Å². The number of nitrogens with one attached hydrogen (secondary N) is 1. The minimum absolute atomic E-state index is 0.0370. The van der Waals surface area contributed by atoms with Gasteiger partial charge in [-0.1, -0.05) is 0 Å². The molecule has 1 saturated carbocycles. The van der Waals surface area contributed by atoms with Crippen LogP contribution in [0.2, 0.25) is 0 Å². The summed E-state index contributed by atoms with van der Waals surface area (Å²) in [6, 6.07) is 5.50. The molecule has 2 fully saturated rings. The van der Waals surface area contributed by atoms with Gasteiger partial charge in [-0.15, -0.1) is 0 Å². The average molecular weight is 416 g/mol. The van der Waals surface area contributed by atoms with Crippen LogP contribution < -0.4 is 10.9 Å². The third-order valence-corrected chi connectivity index (χ3v) is 6.72. The molecule has 1 spiro atoms. The molecule has 2 N–H and O–H groups in total. The molecular formula is C23H24N6O2. The Morgan fingerprint density at radius 2 is 2.06 bits per heavy atom. The van der Waals surface area contributed by atoms with Crippen molar-refractivity contribution in [2.24, 2.45) is 0 Å². The number of benzene rings is 1. The molecular weight excluding hydrogens is 392 g/mol. The highest BCUT2D eigenvalue weighted by Gasteiger charge is 2.46. The van der Waals surface area contributed by atoms with Gasteiger partial charge >= 0.3 is 0 Å². The second-order valence-corrected chi connectivity index (χ2v) is 9.07. The lowest BCUT2D eigenvalue weighted by molar-refractivity contribution is 0.264. The summed E-state index contributed by atoms with van der Waals surface area (Å²) in [5.41, 5.74) is 4.10. The molecule has 31 heavy (non-hydrogen) atoms. The van der Waals surface area contributed by atoms with Gasteiger partial charge < -0.3 is 10.4 Å². The lowest BCUT2D eigenvalue weighted by Crippen LogP contribution is -2.43. The molecule has 0 bridgehead atoms. The summed E-state index contributed by atoms with van der Waals surface area (Å²) in [4.78, 5) is 17.7. The number of aromatic hydroxyl groups is 1. The van der Waals surface area contributed by atoms with Crippen LogP contribution in [0.3, 0.4) is 0 Å². The fourth-order valence-corrected chi connectivity index (χ4v) is 4.94. The Bertz CT molecular complexity index is 1420. The summed E-state index contributed by atoms with van der Waals surface area (Å²) in [5, 5.41) is 24.5. The molecule has 0 unspecified atom stereocenters. The van der Waals surface area contributed by atoms with E-state index in [1.165, 1.54) is 0 Å². The van der Waals surface area contributed by atoms with Crippen molar-refractivity contribution in [3.63, 3.8) is 0 Å². The number of fused-ring (bicyclic) bond motifs is 2. The Labute approximate surface area is 178 Å². The summed E-state index contributed by atoms with van der Waals surface area (Å²) in [6.45, 7) is 4.81. The number of phenolic OH excluding ortho intramolecular Hbond substituents is 1. The molecule has 8 nitrogen and oxygen atoms in total. The van der Waals surface area contributed by atoms with Crippen LogP contribution in [0.4, 0.5) is 0 Å². The van der Waals surface area contributed by atoms with Gasteiger partial charge in [0, 0.05) is 16.5 Å². The molecule has 4 heterocycles. The first kappa shape index (κ1) is 18.5. The minimum Gasteiger partial charge on any atom is -0.507 e. The van der Waals surface area contributed by atoms with Gasteiger partial charge in [0.2, 0.25) is 0 Å². The summed E-state index contributed by atoms with van der Waals surface area (Å²) in [6.07, 6.45) is 7.67. The van der Waals surface area contributed by atoms with Crippen LogP contribution >= 0.6 is 0 Å². The standard InChI is InChI=1S/C23H24N6O2/c1-13-7-18(27-28-12-14(2)26-21(13)28)15-8-16-11-25-29(22(31)20(16)19(30)9-15)17-3-6-24-23(10-17)4-5-23/h7-9,11-12,17,24,30H,3-6,10H2,1-2H3/t17-/m1/s1. The van der Waals surface area contributed by atoms with E-state index in [9.17, 15) is 9.90 Å². The monoisotopic (exact) mass is 416 g/mol. The fraction of sp³-hybridized carbons (Fsp3) is 0.391. The minimum atomic E-state index is -0.228. The van der Waals surface area contributed by atoms with E-state index in [4.69, 9.17) is 0 Å². The van der Waals surface area contributed by atoms with Crippen LogP contribution in [-0.4, -0.2) is 41.6 Å². The maximum absolute atomic E-state index is 13.3. The van der Waals surface area contributed by atoms with Crippen molar-refractivity contribution in [3.8, 4) is 17.0 Å². The van der Waals surface area contributed by atoms with Crippen LogP contribution in [0.1, 0.15) is 43.0 Å². The summed E-state index contributed by atoms with van der Waals surface area (Å²) < 4.78 is 3.33. The van der Waals surface area contributed by atoms with Gasteiger partial charge in [-0.05, 0) is 69.8 Å². The van der Waals surface area contributed by atoms with E-state index < -0.39 is 0 Å². The molecule has 1 aliphatic carbocycles. The van der Waals surface area contributed by atoms with Gasteiger partial charge in [-0.2, -0.15) is 10.2 Å². The van der Waals surface area contributed by atoms with Gasteiger partial charge in [-0.25, -0.2) is 14.2 Å². The third-order valence-electron chi connectivity index (χ3n) is 6.72. The maximum Gasteiger partial charge on any atom is 0.278 e. The Balaban J connectivity index is 1.45. The van der Waals surface area contributed by atoms with E-state index in [1.807, 2.05) is 32.2 Å². The van der Waals surface area contributed by atoms with Crippen molar-refractivity contribution in [2.45, 2.75) is 51.1 Å². The molecule has 8 heteroatoms. The van der Waals surface area contributed by atoms with Gasteiger partial charge in [0.05, 0.1) is 35.2 Å². The van der Waals surface area contributed by atoms with E-state index >= 15 is 0 Å². The number of nitrogens with zero attached hydrogens (tertiary/aromatic N) is 5. The van der Waals surface area contributed by atoms with Crippen LogP contribution in [0, 0.1) is 13.8 Å². The molecule has 1 atom stereocenters. The quantitative estimate of drug-likeness (QED) is 0.522. The van der Waals surface area contributed by atoms with Crippen molar-refractivity contribution in [1.29, 1.82) is 0 Å². The smallest absolute Gasteiger partial charge is 0.278 e. The third kappa shape index (κ3) is 2.93. The predicted octanol–water partition coefficient (Wildman–Crippen LogP) is 2.89. The predicted molar refractivity (Wildman–Crippen MR) is 117 cm³/mol. The van der Waals surface area contributed by atoms with E-state index in [0.29, 0.717) is 16.5 Å². The first-order chi connectivity index (χ1) is 14.9. The van der Waals surface area contributed by atoms with E-state index in [-0.39, 0.29) is 22.9 Å². The highest BCUT2D eigenvalue weighted by Crippen LogP contribution is 2.45. The van der Waals surface area contributed by atoms with E-state index in [2.05, 4.69) is 20.5 Å². The van der Waals surface area contributed by atoms with Crippen LogP contribution in [-0.2, 0) is 0 Å². The molecule has 0 amide bonds. The van der Waals surface area contributed by atoms with Crippen LogP contribution in [0.15, 0.2) is 35.4 Å². The molecule has 0 radical (unpaired) electrons. The normalized spacial score (nSPS) is 20.0. The van der Waals surface area contributed by atoms with Gasteiger partial charge in [0.1, 0.15) is 5.75 Å². The number of hydrogen-bond acceptors (Lipinski definition) is 6. The number of aryl methyl sites for hydroxylation is 2. The fourth-order valence-electron chi connectivity index (χ4n) is 4.94. The lowest BCUT2D eigenvalue weighted by Gasteiger charge is -2.31. The maximum atomic E-state index is 13.3. The number of phenols is 1. The highest BCUT2D eigenvalue weighted by atomic mass is 16.3. The summed E-state index contributed by atoms with van der Waals surface area (Å²) >= 11 is 0. The molecule has 3 aromatic heterocycles. The topological polar surface area (TPSA) is 97.3 Å². The number of hydrogen-bond donors (Lipinski definition) is 2. The van der Waals surface area contributed by atoms with Gasteiger partial charge in [0.25, 0.3) is 5.56 Å². The molecule has 2 aliphatic rings. The molecule has 1 aromatic carbocycles. The molecule has 6 rings (SSSR count). The molecule has 1 saturated heterocycles. The number of aromatic nitrogens is 5. The van der Waals surface area contributed by atoms with E-state index in [0.717, 1.165) is 54.7 Å². The second kappa shape index (κ2) is 6.37. The summed E-state index contributed by atoms with van der Waals surface area (Å²) in [5.74, 6) is -0.0370. The zero-order valence-corrected chi connectivity index (χ0v) is 17.6. The SMILES string of the molecule is Cc1cn2nc(-c3cc(O)c4c(=O)n([C@@H]5CCNC6(CC6)C5)ncc4c3)cc(C)c2n1. The van der Waals surface area contributed by atoms with E-state index in [1.54, 1.807) is 21.5 Å². The first-order valence-corrected chi connectivity index (χ1v) is 10.8. The molecule has 158 valence electrons. The number of imidazole rings is 1. The first-order valence-electron chi connectivity index (χ1n) is 10.8. The molecule has 4 aromatic rings. The highest BCUT2D eigenvalue weighted by molar-refractivity contribution is 5.91. The van der Waals surface area contributed by atoms with Crippen molar-refractivity contribution in [3.05, 3.63) is 52.2 Å². The largest absolute Gasteiger partial charge is 0.507 e. The summed E-state index contributed by atoms with van der Waals surface area (Å²) in [7, 11) is 0. The molecule has 1 aliphatic heterocycles. The second-order valence-electron chi connectivity index (χ2n) is 9.07. The van der Waals surface area contributed by atoms with Crippen LogP contribution in [0.5, 0.6) is 5.75 Å². The lowest BCUT2D eigenvalue weighted by atomic mass is 9.97. The van der Waals surface area contributed by atoms with Crippen molar-refractivity contribution < 1.29 is 5.11 Å². The average Bonchev–Trinajstić information content (AvgIpc) is 3.35. The van der Waals surface area contributed by atoms with Gasteiger partial charge in [-0.3, -0.25) is 4.79 Å². The zero-order chi connectivity index (χ0) is 21.3. The number of piperidine rings is 1. The van der Waals surface area contributed by atoms with Crippen molar-refractivity contribution >= 4 is 16.4 Å².